The number of hydrogen-bond donors (Lipinski definition) is 0. The molecule has 0 aromatic rings. The minimum atomic E-state index is 0.00174. The van der Waals surface area contributed by atoms with Gasteiger partial charge in [-0.05, 0) is 80.6 Å². The molecule has 1 aliphatic heterocycles. The van der Waals surface area contributed by atoms with Gasteiger partial charge in [0.2, 0.25) is 0 Å². The average Bonchev–Trinajstić information content (AvgIpc) is 3.27. The summed E-state index contributed by atoms with van der Waals surface area (Å²) in [5.74, 6) is 3.76. The Labute approximate surface area is 157 Å². The first-order valence-corrected chi connectivity index (χ1v) is 10.8. The second-order valence-electron chi connectivity index (χ2n) is 9.47. The molecule has 5 aliphatic rings. The van der Waals surface area contributed by atoms with E-state index < -0.39 is 0 Å². The van der Waals surface area contributed by atoms with E-state index in [9.17, 15) is 4.79 Å². The first-order valence-electron chi connectivity index (χ1n) is 10.8. The Morgan fingerprint density at radius 2 is 2.19 bits per heavy atom. The van der Waals surface area contributed by atoms with Crippen molar-refractivity contribution in [2.45, 2.75) is 63.9 Å². The van der Waals surface area contributed by atoms with E-state index in [-0.39, 0.29) is 5.60 Å². The molecule has 0 bridgehead atoms. The number of rotatable bonds is 2. The number of carbonyl (C=O) groups is 1. The summed E-state index contributed by atoms with van der Waals surface area (Å²) < 4.78 is 6.44. The van der Waals surface area contributed by atoms with Crippen molar-refractivity contribution < 1.29 is 9.53 Å². The Balaban J connectivity index is 1.55. The van der Waals surface area contributed by atoms with Crippen LogP contribution in [0.25, 0.3) is 0 Å². The summed E-state index contributed by atoms with van der Waals surface area (Å²) in [7, 11) is 0. The molecule has 1 spiro atoms. The predicted octanol–water partition coefficient (Wildman–Crippen LogP) is 5.26. The molecule has 0 N–H and O–H groups in total. The van der Waals surface area contributed by atoms with Crippen LogP contribution in [0, 0.1) is 35.0 Å². The van der Waals surface area contributed by atoms with Crippen molar-refractivity contribution in [2.24, 2.45) is 35.0 Å². The van der Waals surface area contributed by atoms with Gasteiger partial charge >= 0.3 is 0 Å². The summed E-state index contributed by atoms with van der Waals surface area (Å²) in [6, 6.07) is 0. The van der Waals surface area contributed by atoms with Crippen molar-refractivity contribution >= 4 is 5.78 Å². The van der Waals surface area contributed by atoms with Crippen molar-refractivity contribution in [2.75, 3.05) is 6.61 Å². The quantitative estimate of drug-likeness (QED) is 0.634. The zero-order chi connectivity index (χ0) is 17.9. The first kappa shape index (κ1) is 17.0. The smallest absolute Gasteiger partial charge is 0.155 e. The SMILES string of the molecule is C=C[C@H]1CC2=CC(=O)CC[C@@H]2C2CC[C@@]3(CC)C(CC[C@@]34C=CCO4)C21. The first-order chi connectivity index (χ1) is 12.6. The lowest BCUT2D eigenvalue weighted by molar-refractivity contribution is -0.130. The number of ketones is 1. The third-order valence-electron chi connectivity index (χ3n) is 9.03. The van der Waals surface area contributed by atoms with Crippen LogP contribution in [0.15, 0.2) is 36.5 Å². The minimum absolute atomic E-state index is 0.00174. The fourth-order valence-corrected chi connectivity index (χ4v) is 8.07. The van der Waals surface area contributed by atoms with E-state index in [4.69, 9.17) is 4.74 Å². The summed E-state index contributed by atoms with van der Waals surface area (Å²) in [6.45, 7) is 7.42. The van der Waals surface area contributed by atoms with E-state index in [1.807, 2.05) is 6.08 Å². The van der Waals surface area contributed by atoms with E-state index in [2.05, 4.69) is 31.7 Å². The summed E-state index contributed by atoms with van der Waals surface area (Å²) in [4.78, 5) is 12.0. The van der Waals surface area contributed by atoms with Gasteiger partial charge in [-0.15, -0.1) is 6.58 Å². The predicted molar refractivity (Wildman–Crippen MR) is 104 cm³/mol. The molecule has 0 amide bonds. The van der Waals surface area contributed by atoms with Gasteiger partial charge in [-0.2, -0.15) is 0 Å². The lowest BCUT2D eigenvalue weighted by Crippen LogP contribution is -2.55. The van der Waals surface area contributed by atoms with Gasteiger partial charge in [0, 0.05) is 11.8 Å². The molecule has 0 saturated heterocycles. The molecule has 3 fully saturated rings. The molecule has 7 atom stereocenters. The Morgan fingerprint density at radius 1 is 1.31 bits per heavy atom. The molecule has 26 heavy (non-hydrogen) atoms. The van der Waals surface area contributed by atoms with Crippen LogP contribution in [0.1, 0.15) is 58.3 Å². The molecular weight excluding hydrogens is 320 g/mol. The molecule has 3 saturated carbocycles. The molecule has 140 valence electrons. The van der Waals surface area contributed by atoms with Gasteiger partial charge in [-0.25, -0.2) is 0 Å². The van der Waals surface area contributed by atoms with Gasteiger partial charge < -0.3 is 4.74 Å². The van der Waals surface area contributed by atoms with Crippen molar-refractivity contribution in [3.63, 3.8) is 0 Å². The highest BCUT2D eigenvalue weighted by molar-refractivity contribution is 5.91. The lowest BCUT2D eigenvalue weighted by Gasteiger charge is -2.58. The van der Waals surface area contributed by atoms with E-state index in [1.165, 1.54) is 37.7 Å². The molecule has 3 unspecified atom stereocenters. The Hall–Kier alpha value is -1.15. The third-order valence-corrected chi connectivity index (χ3v) is 9.03. The van der Waals surface area contributed by atoms with Crippen molar-refractivity contribution in [3.8, 4) is 0 Å². The van der Waals surface area contributed by atoms with E-state index in [1.54, 1.807) is 0 Å². The number of carbonyl (C=O) groups excluding carboxylic acids is 1. The molecule has 0 aromatic heterocycles. The molecular formula is C24H32O2. The highest BCUT2D eigenvalue weighted by Crippen LogP contribution is 2.69. The normalized spacial score (nSPS) is 49.5. The number of fused-ring (bicyclic) bond motifs is 6. The second kappa shape index (κ2) is 5.92. The van der Waals surface area contributed by atoms with Crippen LogP contribution in [-0.4, -0.2) is 18.0 Å². The van der Waals surface area contributed by atoms with Gasteiger partial charge in [-0.3, -0.25) is 4.79 Å². The maximum Gasteiger partial charge on any atom is 0.155 e. The van der Waals surface area contributed by atoms with Crippen LogP contribution in [-0.2, 0) is 9.53 Å². The van der Waals surface area contributed by atoms with Crippen molar-refractivity contribution in [1.82, 2.24) is 0 Å². The largest absolute Gasteiger partial charge is 0.366 e. The monoisotopic (exact) mass is 352 g/mol. The number of ether oxygens (including phenoxy) is 1. The zero-order valence-electron chi connectivity index (χ0n) is 16.1. The zero-order valence-corrected chi connectivity index (χ0v) is 16.1. The van der Waals surface area contributed by atoms with Crippen LogP contribution in [0.2, 0.25) is 0 Å². The minimum Gasteiger partial charge on any atom is -0.366 e. The fourth-order valence-electron chi connectivity index (χ4n) is 8.07. The van der Waals surface area contributed by atoms with Crippen molar-refractivity contribution in [1.29, 1.82) is 0 Å². The van der Waals surface area contributed by atoms with Gasteiger partial charge in [0.05, 0.1) is 12.2 Å². The van der Waals surface area contributed by atoms with E-state index >= 15 is 0 Å². The molecule has 0 radical (unpaired) electrons. The van der Waals surface area contributed by atoms with E-state index in [0.29, 0.717) is 23.0 Å². The topological polar surface area (TPSA) is 26.3 Å². The molecule has 2 nitrogen and oxygen atoms in total. The van der Waals surface area contributed by atoms with Gasteiger partial charge in [0.1, 0.15) is 0 Å². The second-order valence-corrected chi connectivity index (χ2v) is 9.47. The van der Waals surface area contributed by atoms with Crippen LogP contribution in [0.4, 0.5) is 0 Å². The molecule has 5 rings (SSSR count). The number of allylic oxidation sites excluding steroid dienone is 2. The van der Waals surface area contributed by atoms with Crippen molar-refractivity contribution in [3.05, 3.63) is 36.5 Å². The van der Waals surface area contributed by atoms with Crippen LogP contribution in [0.3, 0.4) is 0 Å². The highest BCUT2D eigenvalue weighted by atomic mass is 16.5. The highest BCUT2D eigenvalue weighted by Gasteiger charge is 2.65. The summed E-state index contributed by atoms with van der Waals surface area (Å²) >= 11 is 0. The average molecular weight is 353 g/mol. The van der Waals surface area contributed by atoms with Crippen LogP contribution >= 0.6 is 0 Å². The Kier molecular flexibility index (Phi) is 3.87. The Morgan fingerprint density at radius 3 is 2.92 bits per heavy atom. The third kappa shape index (κ3) is 2.06. The summed E-state index contributed by atoms with van der Waals surface area (Å²) in [5, 5.41) is 0. The summed E-state index contributed by atoms with van der Waals surface area (Å²) in [5.41, 5.74) is 1.76. The van der Waals surface area contributed by atoms with Gasteiger partial charge in [-0.1, -0.05) is 30.7 Å². The number of hydrogen-bond acceptors (Lipinski definition) is 2. The maximum atomic E-state index is 12.0. The molecule has 2 heteroatoms. The standard InChI is InChI=1S/C24H32O2/c1-3-16-14-17-15-18(25)6-7-19(17)20-8-11-23(4-2)21(22(16)20)9-12-24(23)10-5-13-26-24/h3,5,10,15-16,19-22H,1,4,6-9,11-14H2,2H3/t16-,19-,20?,21?,22?,23-,24-/m0/s1. The Bertz CT molecular complexity index is 688. The summed E-state index contributed by atoms with van der Waals surface area (Å²) in [6.07, 6.45) is 18.1. The maximum absolute atomic E-state index is 12.0. The van der Waals surface area contributed by atoms with E-state index in [0.717, 1.165) is 43.6 Å². The van der Waals surface area contributed by atoms with Crippen LogP contribution in [0.5, 0.6) is 0 Å². The fraction of sp³-hybridized carbons (Fsp3) is 0.708. The lowest BCUT2D eigenvalue weighted by atomic mass is 9.47. The van der Waals surface area contributed by atoms with Gasteiger partial charge in [0.15, 0.2) is 5.78 Å². The molecule has 4 aliphatic carbocycles. The van der Waals surface area contributed by atoms with Gasteiger partial charge in [0.25, 0.3) is 0 Å². The molecule has 0 aromatic carbocycles. The molecule has 1 heterocycles. The van der Waals surface area contributed by atoms with Crippen LogP contribution < -0.4 is 0 Å².